The standard InChI is InChI=1S/C12H16N6S/c1-3-4-9-16-11(18-13)8(2)12(17-9)19-10-5-6-14-7-15-10/h5-7H,3-4,13H2,1-2H3,(H,16,17,18). The average molecular weight is 276 g/mol. The van der Waals surface area contributed by atoms with Gasteiger partial charge in [0.05, 0.1) is 0 Å². The first-order valence-corrected chi connectivity index (χ1v) is 6.84. The van der Waals surface area contributed by atoms with Crippen LogP contribution in [0.5, 0.6) is 0 Å². The molecule has 0 bridgehead atoms. The third kappa shape index (κ3) is 3.39. The maximum Gasteiger partial charge on any atom is 0.147 e. The van der Waals surface area contributed by atoms with Gasteiger partial charge in [0.1, 0.15) is 28.0 Å². The van der Waals surface area contributed by atoms with Crippen molar-refractivity contribution in [2.75, 3.05) is 5.43 Å². The highest BCUT2D eigenvalue weighted by atomic mass is 32.2. The molecule has 0 saturated heterocycles. The normalized spacial score (nSPS) is 10.5. The van der Waals surface area contributed by atoms with Crippen LogP contribution in [0.4, 0.5) is 5.82 Å². The van der Waals surface area contributed by atoms with Crippen molar-refractivity contribution in [1.29, 1.82) is 0 Å². The van der Waals surface area contributed by atoms with E-state index in [2.05, 4.69) is 32.3 Å². The maximum atomic E-state index is 5.50. The molecule has 0 aliphatic rings. The molecular formula is C12H16N6S. The highest BCUT2D eigenvalue weighted by Gasteiger charge is 2.11. The molecule has 0 aliphatic heterocycles. The first-order valence-electron chi connectivity index (χ1n) is 6.02. The van der Waals surface area contributed by atoms with Gasteiger partial charge in [-0.2, -0.15) is 0 Å². The monoisotopic (exact) mass is 276 g/mol. The third-order valence-corrected chi connectivity index (χ3v) is 3.56. The Bertz CT molecular complexity index is 545. The molecule has 0 spiro atoms. The third-order valence-electron chi connectivity index (χ3n) is 2.51. The number of hydrazine groups is 1. The number of hydrogen-bond acceptors (Lipinski definition) is 7. The lowest BCUT2D eigenvalue weighted by atomic mass is 10.3. The van der Waals surface area contributed by atoms with Crippen molar-refractivity contribution in [3.63, 3.8) is 0 Å². The Labute approximate surface area is 116 Å². The SMILES string of the molecule is CCCc1nc(NN)c(C)c(Sc2ccncn2)n1. The minimum atomic E-state index is 0.662. The molecule has 3 N–H and O–H groups in total. The number of nitrogens with one attached hydrogen (secondary N) is 1. The van der Waals surface area contributed by atoms with Crippen molar-refractivity contribution < 1.29 is 0 Å². The minimum Gasteiger partial charge on any atom is -0.308 e. The van der Waals surface area contributed by atoms with Crippen LogP contribution in [0.1, 0.15) is 24.7 Å². The molecule has 7 heteroatoms. The molecule has 0 fully saturated rings. The number of aryl methyl sites for hydroxylation is 1. The van der Waals surface area contributed by atoms with Gasteiger partial charge in [-0.1, -0.05) is 6.92 Å². The summed E-state index contributed by atoms with van der Waals surface area (Å²) in [4.78, 5) is 17.0. The number of nitrogen functional groups attached to an aromatic ring is 1. The Hall–Kier alpha value is -1.73. The summed E-state index contributed by atoms with van der Waals surface area (Å²) in [5.41, 5.74) is 3.55. The lowest BCUT2D eigenvalue weighted by Gasteiger charge is -2.10. The molecule has 0 amide bonds. The fourth-order valence-electron chi connectivity index (χ4n) is 1.55. The Morgan fingerprint density at radius 3 is 2.84 bits per heavy atom. The van der Waals surface area contributed by atoms with Crippen molar-refractivity contribution in [2.24, 2.45) is 5.84 Å². The van der Waals surface area contributed by atoms with Gasteiger partial charge in [-0.05, 0) is 31.2 Å². The first-order chi connectivity index (χ1) is 9.24. The van der Waals surface area contributed by atoms with Gasteiger partial charge < -0.3 is 5.43 Å². The molecule has 0 aromatic carbocycles. The predicted octanol–water partition coefficient (Wildman–Crippen LogP) is 1.96. The first kappa shape index (κ1) is 13.7. The lowest BCUT2D eigenvalue weighted by Crippen LogP contribution is -2.13. The van der Waals surface area contributed by atoms with Crippen LogP contribution in [-0.4, -0.2) is 19.9 Å². The van der Waals surface area contributed by atoms with E-state index in [1.54, 1.807) is 6.20 Å². The van der Waals surface area contributed by atoms with Gasteiger partial charge in [-0.15, -0.1) is 0 Å². The van der Waals surface area contributed by atoms with Crippen LogP contribution in [0.2, 0.25) is 0 Å². The van der Waals surface area contributed by atoms with Crippen LogP contribution in [0.15, 0.2) is 28.6 Å². The second-order valence-corrected chi connectivity index (χ2v) is 4.97. The van der Waals surface area contributed by atoms with Crippen molar-refractivity contribution in [3.05, 3.63) is 30.0 Å². The summed E-state index contributed by atoms with van der Waals surface area (Å²) in [6, 6.07) is 1.85. The molecule has 0 atom stereocenters. The zero-order chi connectivity index (χ0) is 13.7. The van der Waals surface area contributed by atoms with Gasteiger partial charge in [0.25, 0.3) is 0 Å². The number of nitrogens with two attached hydrogens (primary N) is 1. The molecule has 2 aromatic rings. The van der Waals surface area contributed by atoms with Gasteiger partial charge in [-0.3, -0.25) is 0 Å². The highest BCUT2D eigenvalue weighted by Crippen LogP contribution is 2.29. The second-order valence-electron chi connectivity index (χ2n) is 3.96. The number of nitrogens with zero attached hydrogens (tertiary/aromatic N) is 4. The second kappa shape index (κ2) is 6.44. The molecular weight excluding hydrogens is 260 g/mol. The topological polar surface area (TPSA) is 89.6 Å². The van der Waals surface area contributed by atoms with E-state index in [0.717, 1.165) is 34.3 Å². The molecule has 100 valence electrons. The van der Waals surface area contributed by atoms with Crippen LogP contribution < -0.4 is 11.3 Å². The quantitative estimate of drug-likeness (QED) is 0.490. The molecule has 2 aromatic heterocycles. The highest BCUT2D eigenvalue weighted by molar-refractivity contribution is 7.99. The van der Waals surface area contributed by atoms with E-state index in [1.165, 1.54) is 18.1 Å². The smallest absolute Gasteiger partial charge is 0.147 e. The van der Waals surface area contributed by atoms with E-state index in [0.29, 0.717) is 5.82 Å². The number of hydrogen-bond donors (Lipinski definition) is 2. The van der Waals surface area contributed by atoms with E-state index < -0.39 is 0 Å². The summed E-state index contributed by atoms with van der Waals surface area (Å²) in [6.45, 7) is 4.03. The van der Waals surface area contributed by atoms with Crippen LogP contribution in [0.3, 0.4) is 0 Å². The van der Waals surface area contributed by atoms with Crippen LogP contribution in [0.25, 0.3) is 0 Å². The van der Waals surface area contributed by atoms with Crippen molar-refractivity contribution >= 4 is 17.6 Å². The van der Waals surface area contributed by atoms with Crippen molar-refractivity contribution in [3.8, 4) is 0 Å². The van der Waals surface area contributed by atoms with Gasteiger partial charge in [-0.25, -0.2) is 25.8 Å². The fourth-order valence-corrected chi connectivity index (χ4v) is 2.38. The van der Waals surface area contributed by atoms with Gasteiger partial charge in [0.2, 0.25) is 0 Å². The molecule has 2 rings (SSSR count). The van der Waals surface area contributed by atoms with E-state index in [9.17, 15) is 0 Å². The molecule has 0 saturated carbocycles. The van der Waals surface area contributed by atoms with E-state index >= 15 is 0 Å². The Kier molecular flexibility index (Phi) is 4.64. The van der Waals surface area contributed by atoms with Gasteiger partial charge in [0.15, 0.2) is 0 Å². The summed E-state index contributed by atoms with van der Waals surface area (Å²) in [5, 5.41) is 1.72. The summed E-state index contributed by atoms with van der Waals surface area (Å²) in [6.07, 6.45) is 5.05. The summed E-state index contributed by atoms with van der Waals surface area (Å²) in [7, 11) is 0. The van der Waals surface area contributed by atoms with E-state index in [-0.39, 0.29) is 0 Å². The Morgan fingerprint density at radius 2 is 2.21 bits per heavy atom. The molecule has 0 unspecified atom stereocenters. The number of rotatable bonds is 5. The molecule has 2 heterocycles. The predicted molar refractivity (Wildman–Crippen MR) is 74.7 cm³/mol. The summed E-state index contributed by atoms with van der Waals surface area (Å²) < 4.78 is 0. The van der Waals surface area contributed by atoms with E-state index in [1.807, 2.05) is 13.0 Å². The lowest BCUT2D eigenvalue weighted by molar-refractivity contribution is 0.802. The molecule has 0 radical (unpaired) electrons. The van der Waals surface area contributed by atoms with Crippen molar-refractivity contribution in [1.82, 2.24) is 19.9 Å². The number of anilines is 1. The molecule has 6 nitrogen and oxygen atoms in total. The zero-order valence-electron chi connectivity index (χ0n) is 10.9. The fraction of sp³-hybridized carbons (Fsp3) is 0.333. The molecule has 19 heavy (non-hydrogen) atoms. The minimum absolute atomic E-state index is 0.662. The van der Waals surface area contributed by atoms with Gasteiger partial charge >= 0.3 is 0 Å². The van der Waals surface area contributed by atoms with E-state index in [4.69, 9.17) is 5.84 Å². The Morgan fingerprint density at radius 1 is 1.37 bits per heavy atom. The van der Waals surface area contributed by atoms with Crippen molar-refractivity contribution in [2.45, 2.75) is 36.7 Å². The summed E-state index contributed by atoms with van der Waals surface area (Å²) >= 11 is 1.49. The van der Waals surface area contributed by atoms with Crippen LogP contribution in [-0.2, 0) is 6.42 Å². The largest absolute Gasteiger partial charge is 0.308 e. The average Bonchev–Trinajstić information content (AvgIpc) is 2.43. The number of aromatic nitrogens is 4. The summed E-state index contributed by atoms with van der Waals surface area (Å²) in [5.74, 6) is 6.95. The van der Waals surface area contributed by atoms with Crippen LogP contribution >= 0.6 is 11.8 Å². The Balaban J connectivity index is 2.35. The maximum absolute atomic E-state index is 5.50. The van der Waals surface area contributed by atoms with Gasteiger partial charge in [0, 0.05) is 18.2 Å². The van der Waals surface area contributed by atoms with Crippen LogP contribution in [0, 0.1) is 6.92 Å². The zero-order valence-corrected chi connectivity index (χ0v) is 11.7. The molecule has 0 aliphatic carbocycles.